The van der Waals surface area contributed by atoms with Gasteiger partial charge in [0.1, 0.15) is 17.5 Å². The third-order valence-electron chi connectivity index (χ3n) is 2.92. The lowest BCUT2D eigenvalue weighted by Crippen LogP contribution is -1.99. The van der Waals surface area contributed by atoms with Gasteiger partial charge in [0.2, 0.25) is 0 Å². The van der Waals surface area contributed by atoms with Crippen molar-refractivity contribution in [3.05, 3.63) is 47.5 Å². The second-order valence-electron chi connectivity index (χ2n) is 4.21. The van der Waals surface area contributed by atoms with Crippen LogP contribution in [0.4, 0.5) is 0 Å². The van der Waals surface area contributed by atoms with E-state index in [2.05, 4.69) is 16.4 Å². The molecule has 0 spiro atoms. The van der Waals surface area contributed by atoms with Gasteiger partial charge >= 0.3 is 0 Å². The molecule has 3 rings (SSSR count). The minimum Gasteiger partial charge on any atom is -0.494 e. The summed E-state index contributed by atoms with van der Waals surface area (Å²) in [5, 5.41) is 19.2. The van der Waals surface area contributed by atoms with Crippen LogP contribution in [0.5, 0.6) is 5.75 Å². The summed E-state index contributed by atoms with van der Waals surface area (Å²) in [4.78, 5) is 0.963. The molecule has 1 aromatic carbocycles. The van der Waals surface area contributed by atoms with Crippen molar-refractivity contribution in [3.8, 4) is 28.1 Å². The van der Waals surface area contributed by atoms with Crippen LogP contribution < -0.4 is 4.74 Å². The van der Waals surface area contributed by atoms with Crippen LogP contribution in [0.1, 0.15) is 12.6 Å². The lowest BCUT2D eigenvalue weighted by Gasteiger charge is -2.07. The number of nitriles is 1. The topological polar surface area (TPSA) is 63.7 Å². The molecule has 21 heavy (non-hydrogen) atoms. The molecule has 0 radical (unpaired) electrons. The average Bonchev–Trinajstić information content (AvgIpc) is 3.17. The minimum absolute atomic E-state index is 0.325. The highest BCUT2D eigenvalue weighted by Crippen LogP contribution is 2.29. The third-order valence-corrected chi connectivity index (χ3v) is 3.80. The number of ether oxygens (including phenoxy) is 1. The lowest BCUT2D eigenvalue weighted by molar-refractivity contribution is 0.340. The number of thiophene rings is 1. The van der Waals surface area contributed by atoms with Crippen molar-refractivity contribution >= 4 is 11.3 Å². The Labute approximate surface area is 126 Å². The van der Waals surface area contributed by atoms with Gasteiger partial charge in [-0.05, 0) is 42.6 Å². The van der Waals surface area contributed by atoms with Gasteiger partial charge in [0.15, 0.2) is 5.69 Å². The van der Waals surface area contributed by atoms with Crippen molar-refractivity contribution in [2.45, 2.75) is 6.92 Å². The van der Waals surface area contributed by atoms with Crippen LogP contribution >= 0.6 is 11.3 Å². The Kier molecular flexibility index (Phi) is 3.67. The molecule has 0 aliphatic rings. The maximum Gasteiger partial charge on any atom is 0.191 e. The van der Waals surface area contributed by atoms with E-state index in [1.165, 1.54) is 0 Å². The SMILES string of the molecule is CCOc1ccc(-n2nnc(C#N)c2-c2cccs2)cc1. The van der Waals surface area contributed by atoms with E-state index in [0.29, 0.717) is 12.3 Å². The molecule has 5 nitrogen and oxygen atoms in total. The highest BCUT2D eigenvalue weighted by molar-refractivity contribution is 7.13. The largest absolute Gasteiger partial charge is 0.494 e. The summed E-state index contributed by atoms with van der Waals surface area (Å²) in [6, 6.07) is 13.5. The Morgan fingerprint density at radius 1 is 1.29 bits per heavy atom. The van der Waals surface area contributed by atoms with E-state index in [4.69, 9.17) is 4.74 Å². The molecular weight excluding hydrogens is 284 g/mol. The second-order valence-corrected chi connectivity index (χ2v) is 5.16. The summed E-state index contributed by atoms with van der Waals surface area (Å²) in [7, 11) is 0. The van der Waals surface area contributed by atoms with E-state index in [0.717, 1.165) is 22.0 Å². The Hall–Kier alpha value is -2.65. The van der Waals surface area contributed by atoms with Gasteiger partial charge in [0, 0.05) is 0 Å². The molecule has 6 heteroatoms. The van der Waals surface area contributed by atoms with Crippen LogP contribution in [-0.2, 0) is 0 Å². The molecule has 0 aliphatic carbocycles. The number of hydrogen-bond acceptors (Lipinski definition) is 5. The first-order valence-corrected chi connectivity index (χ1v) is 7.34. The van der Waals surface area contributed by atoms with Crippen LogP contribution in [0, 0.1) is 11.3 Å². The molecule has 0 saturated heterocycles. The summed E-state index contributed by atoms with van der Waals surface area (Å²) in [5.41, 5.74) is 1.89. The zero-order chi connectivity index (χ0) is 14.7. The van der Waals surface area contributed by atoms with E-state index < -0.39 is 0 Å². The molecule has 0 bridgehead atoms. The quantitative estimate of drug-likeness (QED) is 0.741. The summed E-state index contributed by atoms with van der Waals surface area (Å²) in [6.45, 7) is 2.57. The number of rotatable bonds is 4. The molecule has 104 valence electrons. The van der Waals surface area contributed by atoms with Gasteiger partial charge in [0.05, 0.1) is 17.2 Å². The highest BCUT2D eigenvalue weighted by Gasteiger charge is 2.16. The van der Waals surface area contributed by atoms with E-state index in [9.17, 15) is 5.26 Å². The monoisotopic (exact) mass is 296 g/mol. The summed E-state index contributed by atoms with van der Waals surface area (Å²) < 4.78 is 7.11. The van der Waals surface area contributed by atoms with Gasteiger partial charge in [-0.3, -0.25) is 0 Å². The van der Waals surface area contributed by atoms with Crippen molar-refractivity contribution in [1.29, 1.82) is 5.26 Å². The average molecular weight is 296 g/mol. The van der Waals surface area contributed by atoms with Crippen molar-refractivity contribution in [2.24, 2.45) is 0 Å². The predicted molar refractivity (Wildman–Crippen MR) is 80.6 cm³/mol. The fraction of sp³-hybridized carbons (Fsp3) is 0.133. The van der Waals surface area contributed by atoms with Crippen LogP contribution in [0.2, 0.25) is 0 Å². The summed E-state index contributed by atoms with van der Waals surface area (Å²) in [6.07, 6.45) is 0. The third kappa shape index (κ3) is 2.51. The predicted octanol–water partition coefficient (Wildman–Crippen LogP) is 3.27. The minimum atomic E-state index is 0.325. The first-order chi connectivity index (χ1) is 10.3. The first-order valence-electron chi connectivity index (χ1n) is 6.46. The number of nitrogens with zero attached hydrogens (tertiary/aromatic N) is 4. The molecule has 3 aromatic rings. The van der Waals surface area contributed by atoms with Crippen LogP contribution in [0.3, 0.4) is 0 Å². The lowest BCUT2D eigenvalue weighted by atomic mass is 10.2. The Bertz CT molecular complexity index is 769. The number of aromatic nitrogens is 3. The number of benzene rings is 1. The van der Waals surface area contributed by atoms with E-state index >= 15 is 0 Å². The zero-order valence-corrected chi connectivity index (χ0v) is 12.2. The standard InChI is InChI=1S/C15H12N4OS/c1-2-20-12-7-5-11(6-8-12)19-15(13(10-16)17-18-19)14-4-3-9-21-14/h3-9H,2H2,1H3. The van der Waals surface area contributed by atoms with Gasteiger partial charge in [-0.15, -0.1) is 16.4 Å². The molecule has 0 fully saturated rings. The van der Waals surface area contributed by atoms with Gasteiger partial charge in [-0.1, -0.05) is 11.3 Å². The summed E-state index contributed by atoms with van der Waals surface area (Å²) in [5.74, 6) is 0.805. The van der Waals surface area contributed by atoms with Crippen LogP contribution in [0.25, 0.3) is 16.3 Å². The summed E-state index contributed by atoms with van der Waals surface area (Å²) >= 11 is 1.55. The van der Waals surface area contributed by atoms with Crippen molar-refractivity contribution in [2.75, 3.05) is 6.61 Å². The fourth-order valence-corrected chi connectivity index (χ4v) is 2.78. The molecule has 0 N–H and O–H groups in total. The first kappa shape index (κ1) is 13.3. The maximum atomic E-state index is 9.21. The Balaban J connectivity index is 2.07. The molecule has 0 atom stereocenters. The Morgan fingerprint density at radius 3 is 2.71 bits per heavy atom. The van der Waals surface area contributed by atoms with Crippen molar-refractivity contribution in [1.82, 2.24) is 15.0 Å². The van der Waals surface area contributed by atoms with Crippen LogP contribution in [-0.4, -0.2) is 21.6 Å². The van der Waals surface area contributed by atoms with Crippen LogP contribution in [0.15, 0.2) is 41.8 Å². The van der Waals surface area contributed by atoms with E-state index in [-0.39, 0.29) is 0 Å². The van der Waals surface area contributed by atoms with Gasteiger partial charge in [-0.2, -0.15) is 5.26 Å². The molecule has 2 aromatic heterocycles. The normalized spacial score (nSPS) is 10.3. The fourth-order valence-electron chi connectivity index (χ4n) is 2.02. The van der Waals surface area contributed by atoms with E-state index in [1.54, 1.807) is 16.0 Å². The molecule has 0 aliphatic heterocycles. The van der Waals surface area contributed by atoms with E-state index in [1.807, 2.05) is 48.7 Å². The van der Waals surface area contributed by atoms with Gasteiger partial charge in [0.25, 0.3) is 0 Å². The van der Waals surface area contributed by atoms with Crippen molar-refractivity contribution in [3.63, 3.8) is 0 Å². The molecule has 0 saturated carbocycles. The second kappa shape index (κ2) is 5.77. The molecule has 0 amide bonds. The smallest absolute Gasteiger partial charge is 0.191 e. The zero-order valence-electron chi connectivity index (χ0n) is 11.4. The molecule has 0 unspecified atom stereocenters. The van der Waals surface area contributed by atoms with Gasteiger partial charge < -0.3 is 4.74 Å². The number of hydrogen-bond donors (Lipinski definition) is 0. The van der Waals surface area contributed by atoms with Gasteiger partial charge in [-0.25, -0.2) is 4.68 Å². The maximum absolute atomic E-state index is 9.21. The Morgan fingerprint density at radius 2 is 2.10 bits per heavy atom. The highest BCUT2D eigenvalue weighted by atomic mass is 32.1. The van der Waals surface area contributed by atoms with Crippen molar-refractivity contribution < 1.29 is 4.74 Å². The molecule has 2 heterocycles. The molecular formula is C15H12N4OS.